The molecule has 0 atom stereocenters. The zero-order chi connectivity index (χ0) is 20.8. The van der Waals surface area contributed by atoms with E-state index in [0.717, 1.165) is 40.9 Å². The number of rotatable bonds is 5. The van der Waals surface area contributed by atoms with Crippen LogP contribution in [0.25, 0.3) is 6.08 Å². The van der Waals surface area contributed by atoms with E-state index >= 15 is 0 Å². The number of hydrogen-bond acceptors (Lipinski definition) is 4. The van der Waals surface area contributed by atoms with E-state index in [1.165, 1.54) is 11.0 Å². The summed E-state index contributed by atoms with van der Waals surface area (Å²) in [5.41, 5.74) is 2.42. The highest BCUT2D eigenvalue weighted by Gasteiger charge is 2.21. The predicted molar refractivity (Wildman–Crippen MR) is 117 cm³/mol. The number of nitrogens with one attached hydrogen (secondary N) is 1. The van der Waals surface area contributed by atoms with E-state index in [9.17, 15) is 14.4 Å². The first-order chi connectivity index (χ1) is 13.9. The normalized spacial score (nSPS) is 13.7. The summed E-state index contributed by atoms with van der Waals surface area (Å²) in [5, 5.41) is 2.74. The topological polar surface area (TPSA) is 69.7 Å². The molecule has 0 unspecified atom stereocenters. The summed E-state index contributed by atoms with van der Waals surface area (Å²) in [4.78, 5) is 39.7. The molecule has 0 aromatic heterocycles. The lowest BCUT2D eigenvalue weighted by Crippen LogP contribution is -2.23. The monoisotopic (exact) mass is 409 g/mol. The Morgan fingerprint density at radius 3 is 2.34 bits per heavy atom. The molecule has 1 heterocycles. The van der Waals surface area contributed by atoms with E-state index in [1.807, 2.05) is 24.3 Å². The second-order valence-corrected chi connectivity index (χ2v) is 7.87. The second kappa shape index (κ2) is 9.43. The van der Waals surface area contributed by atoms with Gasteiger partial charge in [-0.1, -0.05) is 12.1 Å². The van der Waals surface area contributed by atoms with Crippen molar-refractivity contribution in [3.8, 4) is 0 Å². The smallest absolute Gasteiger partial charge is 0.285 e. The molecular weight excluding hydrogens is 386 g/mol. The van der Waals surface area contributed by atoms with Crippen LogP contribution in [0.15, 0.2) is 59.5 Å². The summed E-state index contributed by atoms with van der Waals surface area (Å²) in [5.74, 6) is -0.0864. The fourth-order valence-corrected chi connectivity index (χ4v) is 3.50. The van der Waals surface area contributed by atoms with Gasteiger partial charge < -0.3 is 15.1 Å². The minimum absolute atomic E-state index is 0.0511. The van der Waals surface area contributed by atoms with Gasteiger partial charge in [-0.15, -0.1) is 0 Å². The third-order valence-electron chi connectivity index (χ3n) is 4.40. The molecule has 0 bridgehead atoms. The van der Waals surface area contributed by atoms with Crippen LogP contribution in [-0.2, 0) is 9.59 Å². The number of amides is 3. The molecule has 3 rings (SSSR count). The number of hydrogen-bond donors (Lipinski definition) is 1. The van der Waals surface area contributed by atoms with Crippen molar-refractivity contribution in [2.24, 2.45) is 0 Å². The Kier molecular flexibility index (Phi) is 6.72. The van der Waals surface area contributed by atoms with Gasteiger partial charge in [0.05, 0.1) is 0 Å². The van der Waals surface area contributed by atoms with Crippen LogP contribution in [0, 0.1) is 0 Å². The molecule has 1 aliphatic rings. The summed E-state index contributed by atoms with van der Waals surface area (Å²) in [6.45, 7) is 0.761. The van der Waals surface area contributed by atoms with Gasteiger partial charge in [0.15, 0.2) is 0 Å². The van der Waals surface area contributed by atoms with Gasteiger partial charge in [0.25, 0.3) is 5.24 Å². The largest absolute Gasteiger partial charge is 0.339 e. The molecular formula is C22H23N3O3S. The number of thioether (sulfide) groups is 1. The standard InChI is InChI=1S/C22H23N3O3S/c1-24(2)22(28)29-19-12-8-17(9-13-19)23-20(26)14-7-16-5-10-18(11-6-16)25-15-3-4-21(25)27/h5-14H,3-4,15H2,1-2H3,(H,23,26)/b14-7+. The van der Waals surface area contributed by atoms with Crippen LogP contribution in [0.2, 0.25) is 0 Å². The minimum atomic E-state index is -0.242. The number of anilines is 2. The van der Waals surface area contributed by atoms with Gasteiger partial charge >= 0.3 is 0 Å². The van der Waals surface area contributed by atoms with Gasteiger partial charge in [-0.05, 0) is 66.2 Å². The van der Waals surface area contributed by atoms with Crippen LogP contribution < -0.4 is 10.2 Å². The van der Waals surface area contributed by atoms with Crippen LogP contribution in [0.4, 0.5) is 16.2 Å². The first-order valence-electron chi connectivity index (χ1n) is 9.31. The molecule has 2 aromatic carbocycles. The zero-order valence-electron chi connectivity index (χ0n) is 16.4. The quantitative estimate of drug-likeness (QED) is 0.592. The fraction of sp³-hybridized carbons (Fsp3) is 0.227. The van der Waals surface area contributed by atoms with Gasteiger partial charge in [-0.2, -0.15) is 0 Å². The molecule has 1 N–H and O–H groups in total. The van der Waals surface area contributed by atoms with Crippen molar-refractivity contribution in [3.05, 3.63) is 60.2 Å². The Balaban J connectivity index is 1.54. The van der Waals surface area contributed by atoms with Crippen LogP contribution in [0.1, 0.15) is 18.4 Å². The molecule has 0 aliphatic carbocycles. The second-order valence-electron chi connectivity index (χ2n) is 6.85. The fourth-order valence-electron chi connectivity index (χ4n) is 2.84. The van der Waals surface area contributed by atoms with E-state index in [0.29, 0.717) is 12.1 Å². The molecule has 150 valence electrons. The molecule has 6 nitrogen and oxygen atoms in total. The maximum atomic E-state index is 12.1. The lowest BCUT2D eigenvalue weighted by atomic mass is 10.2. The molecule has 0 radical (unpaired) electrons. The van der Waals surface area contributed by atoms with Gasteiger partial charge in [0, 0.05) is 49.4 Å². The van der Waals surface area contributed by atoms with Crippen molar-refractivity contribution >= 4 is 46.3 Å². The third kappa shape index (κ3) is 5.71. The molecule has 0 saturated carbocycles. The highest BCUT2D eigenvalue weighted by atomic mass is 32.2. The van der Waals surface area contributed by atoms with Crippen LogP contribution in [-0.4, -0.2) is 42.6 Å². The molecule has 1 saturated heterocycles. The highest BCUT2D eigenvalue weighted by molar-refractivity contribution is 8.13. The maximum absolute atomic E-state index is 12.1. The van der Waals surface area contributed by atoms with Crippen molar-refractivity contribution in [3.63, 3.8) is 0 Å². The summed E-state index contributed by atoms with van der Waals surface area (Å²) in [6.07, 6.45) is 4.69. The zero-order valence-corrected chi connectivity index (χ0v) is 17.2. The van der Waals surface area contributed by atoms with Gasteiger partial charge in [-0.25, -0.2) is 0 Å². The van der Waals surface area contributed by atoms with E-state index in [1.54, 1.807) is 49.3 Å². The first kappa shape index (κ1) is 20.7. The van der Waals surface area contributed by atoms with Crippen molar-refractivity contribution in [2.75, 3.05) is 30.9 Å². The Morgan fingerprint density at radius 1 is 1.07 bits per heavy atom. The van der Waals surface area contributed by atoms with Crippen LogP contribution in [0.5, 0.6) is 0 Å². The van der Waals surface area contributed by atoms with E-state index in [-0.39, 0.29) is 17.1 Å². The maximum Gasteiger partial charge on any atom is 0.285 e. The van der Waals surface area contributed by atoms with Crippen molar-refractivity contribution in [2.45, 2.75) is 17.7 Å². The minimum Gasteiger partial charge on any atom is -0.339 e. The average molecular weight is 410 g/mol. The number of benzene rings is 2. The van der Waals surface area contributed by atoms with Crippen molar-refractivity contribution in [1.82, 2.24) is 4.90 Å². The predicted octanol–water partition coefficient (Wildman–Crippen LogP) is 4.24. The van der Waals surface area contributed by atoms with Crippen LogP contribution in [0.3, 0.4) is 0 Å². The Hall–Kier alpha value is -3.06. The summed E-state index contributed by atoms with van der Waals surface area (Å²) >= 11 is 1.13. The molecule has 3 amide bonds. The lowest BCUT2D eigenvalue weighted by molar-refractivity contribution is -0.117. The van der Waals surface area contributed by atoms with E-state index < -0.39 is 0 Å². The Bertz CT molecular complexity index is 921. The van der Waals surface area contributed by atoms with Crippen molar-refractivity contribution < 1.29 is 14.4 Å². The van der Waals surface area contributed by atoms with Crippen LogP contribution >= 0.6 is 11.8 Å². The summed E-state index contributed by atoms with van der Waals surface area (Å²) in [7, 11) is 3.41. The van der Waals surface area contributed by atoms with Crippen molar-refractivity contribution in [1.29, 1.82) is 0 Å². The third-order valence-corrected chi connectivity index (χ3v) is 5.45. The Morgan fingerprint density at radius 2 is 1.76 bits per heavy atom. The highest BCUT2D eigenvalue weighted by Crippen LogP contribution is 2.23. The number of carbonyl (C=O) groups is 3. The van der Waals surface area contributed by atoms with Gasteiger partial charge in [-0.3, -0.25) is 14.4 Å². The number of nitrogens with zero attached hydrogens (tertiary/aromatic N) is 2. The lowest BCUT2D eigenvalue weighted by Gasteiger charge is -2.15. The van der Waals surface area contributed by atoms with E-state index in [2.05, 4.69) is 5.32 Å². The van der Waals surface area contributed by atoms with Gasteiger partial charge in [0.2, 0.25) is 11.8 Å². The average Bonchev–Trinajstić information content (AvgIpc) is 3.14. The molecule has 0 spiro atoms. The molecule has 7 heteroatoms. The molecule has 2 aromatic rings. The molecule has 1 fully saturated rings. The molecule has 29 heavy (non-hydrogen) atoms. The summed E-state index contributed by atoms with van der Waals surface area (Å²) < 4.78 is 0. The summed E-state index contributed by atoms with van der Waals surface area (Å²) in [6, 6.07) is 14.7. The van der Waals surface area contributed by atoms with E-state index in [4.69, 9.17) is 0 Å². The first-order valence-corrected chi connectivity index (χ1v) is 10.1. The Labute approximate surface area is 174 Å². The molecule has 1 aliphatic heterocycles. The number of carbonyl (C=O) groups excluding carboxylic acids is 3. The van der Waals surface area contributed by atoms with Gasteiger partial charge in [0.1, 0.15) is 0 Å². The SMILES string of the molecule is CN(C)C(=O)Sc1ccc(NC(=O)/C=C/c2ccc(N3CCCC3=O)cc2)cc1.